The highest BCUT2D eigenvalue weighted by Crippen LogP contribution is 1.98. The van der Waals surface area contributed by atoms with Crippen molar-refractivity contribution >= 4 is 11.9 Å². The molecule has 1 unspecified atom stereocenters. The lowest BCUT2D eigenvalue weighted by molar-refractivity contribution is -0.141. The Hall–Kier alpha value is -1.99. The second-order valence-corrected chi connectivity index (χ2v) is 3.98. The van der Waals surface area contributed by atoms with Crippen molar-refractivity contribution in [2.24, 2.45) is 0 Å². The molecule has 0 fully saturated rings. The van der Waals surface area contributed by atoms with Crippen LogP contribution >= 0.6 is 0 Å². The standard InChI is InChI=1S/C10H17N5O3/c1-3-4-5-15-8(12-13-14-15)6-9(16)11-7(2)10(17)18/h7H,3-6H2,1-2H3,(H,11,16)(H,17,18). The second kappa shape index (κ2) is 6.67. The van der Waals surface area contributed by atoms with Crippen LogP contribution in [0.2, 0.25) is 0 Å². The number of hydrogen-bond donors (Lipinski definition) is 2. The number of carboxylic acid groups (broad SMARTS) is 1. The molecule has 8 heteroatoms. The van der Waals surface area contributed by atoms with Crippen molar-refractivity contribution < 1.29 is 14.7 Å². The zero-order valence-electron chi connectivity index (χ0n) is 10.5. The van der Waals surface area contributed by atoms with Crippen LogP contribution in [-0.2, 0) is 22.6 Å². The molecule has 0 saturated carbocycles. The van der Waals surface area contributed by atoms with Gasteiger partial charge in [0.25, 0.3) is 0 Å². The van der Waals surface area contributed by atoms with Gasteiger partial charge in [-0.15, -0.1) is 5.10 Å². The summed E-state index contributed by atoms with van der Waals surface area (Å²) < 4.78 is 1.56. The number of nitrogens with one attached hydrogen (secondary N) is 1. The second-order valence-electron chi connectivity index (χ2n) is 3.98. The Balaban J connectivity index is 2.53. The molecule has 1 aromatic rings. The largest absolute Gasteiger partial charge is 0.480 e. The minimum absolute atomic E-state index is 0.0195. The van der Waals surface area contributed by atoms with E-state index in [2.05, 4.69) is 20.8 Å². The van der Waals surface area contributed by atoms with Crippen molar-refractivity contribution in [1.82, 2.24) is 25.5 Å². The molecule has 0 aliphatic heterocycles. The van der Waals surface area contributed by atoms with Crippen LogP contribution in [0.1, 0.15) is 32.5 Å². The summed E-state index contributed by atoms with van der Waals surface area (Å²) in [6.07, 6.45) is 1.90. The van der Waals surface area contributed by atoms with Gasteiger partial charge in [0, 0.05) is 6.54 Å². The lowest BCUT2D eigenvalue weighted by atomic mass is 10.3. The summed E-state index contributed by atoms with van der Waals surface area (Å²) in [5.74, 6) is -1.04. The fourth-order valence-electron chi connectivity index (χ4n) is 1.33. The molecule has 1 rings (SSSR count). The van der Waals surface area contributed by atoms with Crippen LogP contribution in [0.4, 0.5) is 0 Å². The number of nitrogens with zero attached hydrogens (tertiary/aromatic N) is 4. The van der Waals surface area contributed by atoms with Gasteiger partial charge in [-0.25, -0.2) is 4.68 Å². The SMILES string of the molecule is CCCCn1nnnc1CC(=O)NC(C)C(=O)O. The Morgan fingerprint density at radius 2 is 2.22 bits per heavy atom. The Kier molecular flexibility index (Phi) is 5.22. The third-order valence-corrected chi connectivity index (χ3v) is 2.40. The van der Waals surface area contributed by atoms with Gasteiger partial charge in [0.15, 0.2) is 5.82 Å². The van der Waals surface area contributed by atoms with Gasteiger partial charge in [-0.05, 0) is 23.8 Å². The number of aryl methyl sites for hydroxylation is 1. The normalized spacial score (nSPS) is 12.1. The molecule has 100 valence electrons. The first kappa shape index (κ1) is 14.1. The van der Waals surface area contributed by atoms with E-state index in [1.807, 2.05) is 6.92 Å². The van der Waals surface area contributed by atoms with E-state index in [9.17, 15) is 9.59 Å². The number of carbonyl (C=O) groups excluding carboxylic acids is 1. The summed E-state index contributed by atoms with van der Waals surface area (Å²) in [6, 6.07) is -0.919. The molecular weight excluding hydrogens is 238 g/mol. The van der Waals surface area contributed by atoms with Crippen molar-refractivity contribution in [3.05, 3.63) is 5.82 Å². The Morgan fingerprint density at radius 1 is 1.50 bits per heavy atom. The highest BCUT2D eigenvalue weighted by Gasteiger charge is 2.16. The molecule has 0 aliphatic carbocycles. The molecule has 0 bridgehead atoms. The van der Waals surface area contributed by atoms with Crippen LogP contribution in [0.15, 0.2) is 0 Å². The van der Waals surface area contributed by atoms with Crippen LogP contribution in [0.5, 0.6) is 0 Å². The van der Waals surface area contributed by atoms with Crippen LogP contribution < -0.4 is 5.32 Å². The summed E-state index contributed by atoms with van der Waals surface area (Å²) in [4.78, 5) is 22.2. The first-order chi connectivity index (χ1) is 8.54. The van der Waals surface area contributed by atoms with Gasteiger partial charge < -0.3 is 10.4 Å². The zero-order valence-corrected chi connectivity index (χ0v) is 10.5. The number of rotatable bonds is 7. The molecule has 1 heterocycles. The molecule has 1 aromatic heterocycles. The van der Waals surface area contributed by atoms with E-state index < -0.39 is 17.9 Å². The molecule has 18 heavy (non-hydrogen) atoms. The summed E-state index contributed by atoms with van der Waals surface area (Å²) in [5, 5.41) is 22.1. The van der Waals surface area contributed by atoms with E-state index in [-0.39, 0.29) is 6.42 Å². The minimum atomic E-state index is -1.08. The molecule has 0 saturated heterocycles. The van der Waals surface area contributed by atoms with Crippen LogP contribution in [0.25, 0.3) is 0 Å². The molecule has 1 amide bonds. The number of carbonyl (C=O) groups is 2. The maximum atomic E-state index is 11.6. The predicted molar refractivity (Wildman–Crippen MR) is 61.7 cm³/mol. The summed E-state index contributed by atoms with van der Waals surface area (Å²) in [5.41, 5.74) is 0. The first-order valence-electron chi connectivity index (χ1n) is 5.81. The van der Waals surface area contributed by atoms with Gasteiger partial charge >= 0.3 is 5.97 Å². The summed E-state index contributed by atoms with van der Waals surface area (Å²) in [6.45, 7) is 4.10. The number of hydrogen-bond acceptors (Lipinski definition) is 5. The lowest BCUT2D eigenvalue weighted by Gasteiger charge is -2.08. The van der Waals surface area contributed by atoms with Gasteiger partial charge in [-0.3, -0.25) is 9.59 Å². The summed E-state index contributed by atoms with van der Waals surface area (Å²) >= 11 is 0. The van der Waals surface area contributed by atoms with Crippen LogP contribution in [0, 0.1) is 0 Å². The molecule has 0 spiro atoms. The lowest BCUT2D eigenvalue weighted by Crippen LogP contribution is -2.39. The quantitative estimate of drug-likeness (QED) is 0.686. The molecule has 8 nitrogen and oxygen atoms in total. The fourth-order valence-corrected chi connectivity index (χ4v) is 1.33. The smallest absolute Gasteiger partial charge is 0.325 e. The fraction of sp³-hybridized carbons (Fsp3) is 0.700. The molecule has 2 N–H and O–H groups in total. The monoisotopic (exact) mass is 255 g/mol. The Labute approximate surface area is 104 Å². The van der Waals surface area contributed by atoms with E-state index in [4.69, 9.17) is 5.11 Å². The summed E-state index contributed by atoms with van der Waals surface area (Å²) in [7, 11) is 0. The van der Waals surface area contributed by atoms with E-state index in [1.165, 1.54) is 6.92 Å². The van der Waals surface area contributed by atoms with Gasteiger partial charge in [0.2, 0.25) is 5.91 Å². The average molecular weight is 255 g/mol. The molecule has 0 radical (unpaired) electrons. The van der Waals surface area contributed by atoms with Gasteiger partial charge in [-0.1, -0.05) is 13.3 Å². The van der Waals surface area contributed by atoms with E-state index in [0.717, 1.165) is 12.8 Å². The molecular formula is C10H17N5O3. The maximum absolute atomic E-state index is 11.6. The third kappa shape index (κ3) is 4.11. The molecule has 0 aromatic carbocycles. The highest BCUT2D eigenvalue weighted by molar-refractivity contribution is 5.84. The van der Waals surface area contributed by atoms with Gasteiger partial charge in [0.1, 0.15) is 6.04 Å². The molecule has 1 atom stereocenters. The van der Waals surface area contributed by atoms with Gasteiger partial charge in [-0.2, -0.15) is 0 Å². The van der Waals surface area contributed by atoms with E-state index >= 15 is 0 Å². The highest BCUT2D eigenvalue weighted by atomic mass is 16.4. The van der Waals surface area contributed by atoms with Crippen molar-refractivity contribution in [3.63, 3.8) is 0 Å². The third-order valence-electron chi connectivity index (χ3n) is 2.40. The van der Waals surface area contributed by atoms with E-state index in [0.29, 0.717) is 12.4 Å². The van der Waals surface area contributed by atoms with Crippen molar-refractivity contribution in [1.29, 1.82) is 0 Å². The average Bonchev–Trinajstić information content (AvgIpc) is 2.73. The topological polar surface area (TPSA) is 110 Å². The first-order valence-corrected chi connectivity index (χ1v) is 5.81. The van der Waals surface area contributed by atoms with Crippen LogP contribution in [0.3, 0.4) is 0 Å². The number of aromatic nitrogens is 4. The Morgan fingerprint density at radius 3 is 2.83 bits per heavy atom. The van der Waals surface area contributed by atoms with Crippen molar-refractivity contribution in [2.75, 3.05) is 0 Å². The number of unbranched alkanes of at least 4 members (excludes halogenated alkanes) is 1. The van der Waals surface area contributed by atoms with E-state index in [1.54, 1.807) is 4.68 Å². The zero-order chi connectivity index (χ0) is 13.5. The Bertz CT molecular complexity index is 417. The predicted octanol–water partition coefficient (Wildman–Crippen LogP) is -0.395. The minimum Gasteiger partial charge on any atom is -0.480 e. The number of tetrazole rings is 1. The number of carboxylic acids is 1. The number of amides is 1. The van der Waals surface area contributed by atoms with Gasteiger partial charge in [0.05, 0.1) is 6.42 Å². The van der Waals surface area contributed by atoms with Crippen LogP contribution in [-0.4, -0.2) is 43.2 Å². The molecule has 0 aliphatic rings. The maximum Gasteiger partial charge on any atom is 0.325 e. The van der Waals surface area contributed by atoms with Crippen molar-refractivity contribution in [2.45, 2.75) is 45.7 Å². The van der Waals surface area contributed by atoms with Crippen molar-refractivity contribution in [3.8, 4) is 0 Å². The number of aliphatic carboxylic acids is 1.